The minimum atomic E-state index is -0.535. The predicted molar refractivity (Wildman–Crippen MR) is 145 cm³/mol. The summed E-state index contributed by atoms with van der Waals surface area (Å²) in [6, 6.07) is 8.40. The molecule has 0 aromatic heterocycles. The SMILES string of the molecule is O=C(NCCO)c1cccc(O)c1O.O=CNCCNCCCCNCCCNC(=O)c1cccc(O)c1O. The lowest BCUT2D eigenvalue weighted by atomic mass is 10.1. The number of phenolic OH excluding ortho intramolecular Hbond substituents is 4. The fraction of sp³-hybridized carbons (Fsp3) is 0.423. The summed E-state index contributed by atoms with van der Waals surface area (Å²) in [5.41, 5.74) is 0.0576. The number of para-hydroxylation sites is 2. The van der Waals surface area contributed by atoms with Gasteiger partial charge in [-0.05, 0) is 63.2 Å². The minimum Gasteiger partial charge on any atom is -0.504 e. The number of carbonyl (C=O) groups excluding carboxylic acids is 3. The summed E-state index contributed by atoms with van der Waals surface area (Å²) in [5.74, 6) is -2.43. The van der Waals surface area contributed by atoms with Gasteiger partial charge in [0, 0.05) is 26.2 Å². The molecule has 0 aliphatic carbocycles. The smallest absolute Gasteiger partial charge is 0.255 e. The molecule has 13 heteroatoms. The Labute approximate surface area is 227 Å². The molecule has 2 aromatic rings. The number of hydrogen-bond donors (Lipinski definition) is 10. The highest BCUT2D eigenvalue weighted by Crippen LogP contribution is 2.28. The predicted octanol–water partition coefficient (Wildman–Crippen LogP) is -0.257. The van der Waals surface area contributed by atoms with Gasteiger partial charge in [-0.2, -0.15) is 0 Å². The van der Waals surface area contributed by atoms with Crippen molar-refractivity contribution >= 4 is 18.2 Å². The van der Waals surface area contributed by atoms with Gasteiger partial charge >= 0.3 is 0 Å². The molecule has 0 spiro atoms. The zero-order chi connectivity index (χ0) is 28.9. The van der Waals surface area contributed by atoms with Gasteiger partial charge in [-0.25, -0.2) is 0 Å². The highest BCUT2D eigenvalue weighted by Gasteiger charge is 2.13. The summed E-state index contributed by atoms with van der Waals surface area (Å²) in [6.45, 7) is 4.48. The van der Waals surface area contributed by atoms with Crippen molar-refractivity contribution in [1.82, 2.24) is 26.6 Å². The van der Waals surface area contributed by atoms with Crippen LogP contribution in [-0.2, 0) is 4.79 Å². The second kappa shape index (κ2) is 20.0. The van der Waals surface area contributed by atoms with E-state index in [-0.39, 0.29) is 35.8 Å². The number of rotatable bonds is 17. The lowest BCUT2D eigenvalue weighted by Crippen LogP contribution is -2.28. The van der Waals surface area contributed by atoms with Crippen LogP contribution in [0, 0.1) is 0 Å². The average Bonchev–Trinajstić information content (AvgIpc) is 2.93. The molecule has 0 aliphatic rings. The van der Waals surface area contributed by atoms with E-state index < -0.39 is 23.3 Å². The number of phenols is 4. The third kappa shape index (κ3) is 13.3. The van der Waals surface area contributed by atoms with Gasteiger partial charge in [-0.1, -0.05) is 12.1 Å². The number of nitrogens with one attached hydrogen (secondary N) is 5. The first-order chi connectivity index (χ1) is 18.8. The summed E-state index contributed by atoms with van der Waals surface area (Å²) in [5, 5.41) is 60.0. The Morgan fingerprint density at radius 1 is 0.641 bits per heavy atom. The van der Waals surface area contributed by atoms with E-state index in [1.54, 1.807) is 0 Å². The molecule has 2 rings (SSSR count). The molecule has 0 unspecified atom stereocenters. The summed E-state index contributed by atoms with van der Waals surface area (Å²) in [6.07, 6.45) is 3.58. The van der Waals surface area contributed by atoms with Crippen molar-refractivity contribution in [2.45, 2.75) is 19.3 Å². The fourth-order valence-electron chi connectivity index (χ4n) is 3.17. The van der Waals surface area contributed by atoms with Crippen LogP contribution in [0.3, 0.4) is 0 Å². The number of aromatic hydroxyl groups is 4. The Bertz CT molecular complexity index is 1020. The second-order valence-corrected chi connectivity index (χ2v) is 8.21. The molecule has 10 N–H and O–H groups in total. The Balaban J connectivity index is 0.000000457. The van der Waals surface area contributed by atoms with Crippen LogP contribution in [0.4, 0.5) is 0 Å². The Kier molecular flexibility index (Phi) is 16.9. The Morgan fingerprint density at radius 2 is 1.13 bits per heavy atom. The molecular weight excluding hydrogens is 510 g/mol. The first-order valence-electron chi connectivity index (χ1n) is 12.6. The fourth-order valence-corrected chi connectivity index (χ4v) is 3.17. The van der Waals surface area contributed by atoms with E-state index >= 15 is 0 Å². The van der Waals surface area contributed by atoms with Gasteiger partial charge in [0.1, 0.15) is 0 Å². The van der Waals surface area contributed by atoms with Gasteiger partial charge < -0.3 is 52.1 Å². The molecule has 0 aliphatic heterocycles. The summed E-state index contributed by atoms with van der Waals surface area (Å²) >= 11 is 0. The molecule has 0 saturated carbocycles. The van der Waals surface area contributed by atoms with Crippen molar-refractivity contribution < 1.29 is 39.9 Å². The monoisotopic (exact) mass is 549 g/mol. The van der Waals surface area contributed by atoms with Crippen molar-refractivity contribution in [2.24, 2.45) is 0 Å². The summed E-state index contributed by atoms with van der Waals surface area (Å²) in [4.78, 5) is 33.2. The zero-order valence-corrected chi connectivity index (χ0v) is 21.8. The quantitative estimate of drug-likeness (QED) is 0.0709. The highest BCUT2D eigenvalue weighted by molar-refractivity contribution is 5.98. The van der Waals surface area contributed by atoms with E-state index in [2.05, 4.69) is 26.6 Å². The number of aliphatic hydroxyl groups excluding tert-OH is 1. The maximum atomic E-state index is 11.9. The molecule has 216 valence electrons. The molecule has 0 radical (unpaired) electrons. The second-order valence-electron chi connectivity index (χ2n) is 8.21. The van der Waals surface area contributed by atoms with E-state index in [0.717, 1.165) is 45.4 Å². The van der Waals surface area contributed by atoms with Crippen molar-refractivity contribution in [2.75, 3.05) is 52.4 Å². The largest absolute Gasteiger partial charge is 0.504 e. The van der Waals surface area contributed by atoms with Crippen molar-refractivity contribution in [3.05, 3.63) is 47.5 Å². The maximum Gasteiger partial charge on any atom is 0.255 e. The summed E-state index contributed by atoms with van der Waals surface area (Å²) in [7, 11) is 0. The van der Waals surface area contributed by atoms with Crippen LogP contribution in [0.1, 0.15) is 40.0 Å². The molecule has 3 amide bonds. The van der Waals surface area contributed by atoms with Crippen molar-refractivity contribution in [3.8, 4) is 23.0 Å². The molecule has 2 aromatic carbocycles. The minimum absolute atomic E-state index is 0.0153. The number of aliphatic hydroxyl groups is 1. The van der Waals surface area contributed by atoms with Crippen LogP contribution in [0.15, 0.2) is 36.4 Å². The van der Waals surface area contributed by atoms with E-state index in [0.29, 0.717) is 19.5 Å². The van der Waals surface area contributed by atoms with Crippen LogP contribution in [0.25, 0.3) is 0 Å². The van der Waals surface area contributed by atoms with Gasteiger partial charge in [0.05, 0.1) is 17.7 Å². The third-order valence-corrected chi connectivity index (χ3v) is 5.22. The van der Waals surface area contributed by atoms with Gasteiger partial charge in [0.15, 0.2) is 23.0 Å². The molecule has 0 saturated heterocycles. The van der Waals surface area contributed by atoms with Crippen molar-refractivity contribution in [1.29, 1.82) is 0 Å². The van der Waals surface area contributed by atoms with E-state index in [1.807, 2.05) is 0 Å². The number of hydrogen-bond acceptors (Lipinski definition) is 10. The van der Waals surface area contributed by atoms with Crippen LogP contribution in [-0.4, -0.2) is 96.2 Å². The normalized spacial score (nSPS) is 10.2. The van der Waals surface area contributed by atoms with Crippen LogP contribution in [0.5, 0.6) is 23.0 Å². The number of amides is 3. The van der Waals surface area contributed by atoms with Crippen LogP contribution >= 0.6 is 0 Å². The molecule has 0 heterocycles. The van der Waals surface area contributed by atoms with Crippen LogP contribution in [0.2, 0.25) is 0 Å². The van der Waals surface area contributed by atoms with Gasteiger partial charge in [0.25, 0.3) is 11.8 Å². The van der Waals surface area contributed by atoms with Crippen molar-refractivity contribution in [3.63, 3.8) is 0 Å². The number of unbranched alkanes of at least 4 members (excludes halogenated alkanes) is 1. The first-order valence-corrected chi connectivity index (χ1v) is 12.6. The third-order valence-electron chi connectivity index (χ3n) is 5.22. The van der Waals surface area contributed by atoms with Crippen LogP contribution < -0.4 is 26.6 Å². The molecule has 13 nitrogen and oxygen atoms in total. The highest BCUT2D eigenvalue weighted by atomic mass is 16.3. The standard InChI is InChI=1S/C17H28N4O4.C9H11NO4/c22-13-20-12-11-19-8-2-1-7-18-9-4-10-21-17(25)14-5-3-6-15(23)16(14)24;11-5-4-10-9(14)6-2-1-3-7(12)8(6)13/h3,5-6,13,18-19,23-24H,1-2,4,7-12H2,(H,20,22)(H,21,25);1-3,11-13H,4-5H2,(H,10,14). The van der Waals surface area contributed by atoms with E-state index in [4.69, 9.17) is 10.2 Å². The molecule has 0 bridgehead atoms. The zero-order valence-electron chi connectivity index (χ0n) is 21.8. The Hall–Kier alpha value is -4.07. The van der Waals surface area contributed by atoms with Gasteiger partial charge in [-0.3, -0.25) is 14.4 Å². The van der Waals surface area contributed by atoms with Gasteiger partial charge in [0.2, 0.25) is 6.41 Å². The number of benzene rings is 2. The van der Waals surface area contributed by atoms with Gasteiger partial charge in [-0.15, -0.1) is 0 Å². The first kappa shape index (κ1) is 33.0. The maximum absolute atomic E-state index is 11.9. The Morgan fingerprint density at radius 3 is 1.64 bits per heavy atom. The molecule has 39 heavy (non-hydrogen) atoms. The lowest BCUT2D eigenvalue weighted by Gasteiger charge is -2.08. The summed E-state index contributed by atoms with van der Waals surface area (Å²) < 4.78 is 0. The van der Waals surface area contributed by atoms with E-state index in [9.17, 15) is 29.7 Å². The molecular formula is C26H39N5O8. The molecule has 0 fully saturated rings. The molecule has 0 atom stereocenters. The lowest BCUT2D eigenvalue weighted by molar-refractivity contribution is -0.109. The van der Waals surface area contributed by atoms with E-state index in [1.165, 1.54) is 36.4 Å². The number of carbonyl (C=O) groups is 3. The topological polar surface area (TPSA) is 213 Å². The average molecular weight is 550 g/mol.